The molecule has 2 atom stereocenters. The first-order chi connectivity index (χ1) is 9.66. The predicted octanol–water partition coefficient (Wildman–Crippen LogP) is 1.83. The number of pyridine rings is 1. The van der Waals surface area contributed by atoms with E-state index >= 15 is 0 Å². The van der Waals surface area contributed by atoms with Crippen LogP contribution in [0.1, 0.15) is 24.1 Å². The molecule has 1 heterocycles. The van der Waals surface area contributed by atoms with Crippen molar-refractivity contribution in [2.45, 2.75) is 25.4 Å². The Labute approximate surface area is 119 Å². The molecule has 3 N–H and O–H groups in total. The number of carbonyl (C=O) groups excluding carboxylic acids is 1. The highest BCUT2D eigenvalue weighted by atomic mass is 16.2. The lowest BCUT2D eigenvalue weighted by molar-refractivity contribution is -0.123. The van der Waals surface area contributed by atoms with Crippen LogP contribution in [-0.2, 0) is 11.2 Å². The van der Waals surface area contributed by atoms with E-state index in [1.54, 1.807) is 12.4 Å². The fourth-order valence-electron chi connectivity index (χ4n) is 2.00. The third-order valence-corrected chi connectivity index (χ3v) is 3.18. The third kappa shape index (κ3) is 3.90. The zero-order valence-corrected chi connectivity index (χ0v) is 11.5. The average molecular weight is 269 g/mol. The van der Waals surface area contributed by atoms with Gasteiger partial charge in [0.05, 0.1) is 12.1 Å². The fraction of sp³-hybridized carbons (Fsp3) is 0.250. The van der Waals surface area contributed by atoms with Gasteiger partial charge in [0.1, 0.15) is 0 Å². The molecule has 1 unspecified atom stereocenters. The molecular weight excluding hydrogens is 250 g/mol. The Kier molecular flexibility index (Phi) is 4.85. The van der Waals surface area contributed by atoms with Crippen molar-refractivity contribution in [3.8, 4) is 0 Å². The molecule has 0 radical (unpaired) electrons. The van der Waals surface area contributed by atoms with Crippen molar-refractivity contribution in [3.05, 3.63) is 66.0 Å². The van der Waals surface area contributed by atoms with E-state index in [0.29, 0.717) is 6.42 Å². The second-order valence-corrected chi connectivity index (χ2v) is 4.81. The van der Waals surface area contributed by atoms with Crippen molar-refractivity contribution in [2.24, 2.45) is 5.73 Å². The maximum absolute atomic E-state index is 12.1. The molecule has 0 saturated carbocycles. The highest BCUT2D eigenvalue weighted by Crippen LogP contribution is 2.10. The number of benzene rings is 1. The summed E-state index contributed by atoms with van der Waals surface area (Å²) in [6, 6.07) is 12.9. The Bertz CT molecular complexity index is 542. The number of nitrogens with two attached hydrogens (primary N) is 1. The molecule has 0 aliphatic heterocycles. The molecule has 4 nitrogen and oxygen atoms in total. The number of amides is 1. The highest BCUT2D eigenvalue weighted by molar-refractivity contribution is 5.82. The summed E-state index contributed by atoms with van der Waals surface area (Å²) < 4.78 is 0. The Balaban J connectivity index is 1.91. The molecule has 104 valence electrons. The van der Waals surface area contributed by atoms with Gasteiger partial charge in [0.15, 0.2) is 0 Å². The molecule has 0 fully saturated rings. The second-order valence-electron chi connectivity index (χ2n) is 4.81. The van der Waals surface area contributed by atoms with Crippen LogP contribution < -0.4 is 11.1 Å². The van der Waals surface area contributed by atoms with Crippen molar-refractivity contribution in [2.75, 3.05) is 0 Å². The van der Waals surface area contributed by atoms with Gasteiger partial charge in [0.25, 0.3) is 0 Å². The summed E-state index contributed by atoms with van der Waals surface area (Å²) in [5.41, 5.74) is 7.97. The molecule has 2 aromatic rings. The SMILES string of the molecule is C[C@@H](NC(=O)C(N)Cc1ccccc1)c1cccnc1. The Morgan fingerprint density at radius 2 is 2.00 bits per heavy atom. The van der Waals surface area contributed by atoms with Gasteiger partial charge in [-0.25, -0.2) is 0 Å². The van der Waals surface area contributed by atoms with Gasteiger partial charge in [0.2, 0.25) is 5.91 Å². The molecule has 0 aliphatic rings. The van der Waals surface area contributed by atoms with Gasteiger partial charge in [-0.2, -0.15) is 0 Å². The van der Waals surface area contributed by atoms with Crippen molar-refractivity contribution in [1.82, 2.24) is 10.3 Å². The van der Waals surface area contributed by atoms with E-state index < -0.39 is 6.04 Å². The molecule has 0 spiro atoms. The van der Waals surface area contributed by atoms with Gasteiger partial charge < -0.3 is 11.1 Å². The fourth-order valence-corrected chi connectivity index (χ4v) is 2.00. The van der Waals surface area contributed by atoms with E-state index in [4.69, 9.17) is 5.73 Å². The zero-order chi connectivity index (χ0) is 14.4. The maximum atomic E-state index is 12.1. The smallest absolute Gasteiger partial charge is 0.237 e. The average Bonchev–Trinajstić information content (AvgIpc) is 2.49. The molecule has 0 aliphatic carbocycles. The minimum absolute atomic E-state index is 0.0991. The van der Waals surface area contributed by atoms with E-state index in [1.165, 1.54) is 0 Å². The minimum atomic E-state index is -0.545. The van der Waals surface area contributed by atoms with Gasteiger partial charge in [-0.15, -0.1) is 0 Å². The Morgan fingerprint density at radius 3 is 2.65 bits per heavy atom. The summed E-state index contributed by atoms with van der Waals surface area (Å²) in [6.45, 7) is 1.92. The van der Waals surface area contributed by atoms with E-state index in [2.05, 4.69) is 10.3 Å². The predicted molar refractivity (Wildman–Crippen MR) is 78.9 cm³/mol. The van der Waals surface area contributed by atoms with Crippen LogP contribution in [0, 0.1) is 0 Å². The van der Waals surface area contributed by atoms with E-state index in [1.807, 2.05) is 49.4 Å². The van der Waals surface area contributed by atoms with Crippen LogP contribution >= 0.6 is 0 Å². The lowest BCUT2D eigenvalue weighted by Gasteiger charge is -2.17. The number of carbonyl (C=O) groups is 1. The number of rotatable bonds is 5. The molecule has 1 aromatic carbocycles. The second kappa shape index (κ2) is 6.82. The van der Waals surface area contributed by atoms with E-state index in [-0.39, 0.29) is 11.9 Å². The van der Waals surface area contributed by atoms with Crippen LogP contribution in [0.3, 0.4) is 0 Å². The third-order valence-electron chi connectivity index (χ3n) is 3.18. The zero-order valence-electron chi connectivity index (χ0n) is 11.5. The number of nitrogens with zero attached hydrogens (tertiary/aromatic N) is 1. The van der Waals surface area contributed by atoms with Crippen LogP contribution in [0.4, 0.5) is 0 Å². The summed E-state index contributed by atoms with van der Waals surface area (Å²) in [7, 11) is 0. The van der Waals surface area contributed by atoms with Gasteiger partial charge in [0, 0.05) is 12.4 Å². The number of aromatic nitrogens is 1. The Hall–Kier alpha value is -2.20. The topological polar surface area (TPSA) is 68.0 Å². The quantitative estimate of drug-likeness (QED) is 0.870. The minimum Gasteiger partial charge on any atom is -0.348 e. The molecular formula is C16H19N3O. The van der Waals surface area contributed by atoms with Crippen molar-refractivity contribution in [1.29, 1.82) is 0 Å². The molecule has 0 bridgehead atoms. The molecule has 20 heavy (non-hydrogen) atoms. The molecule has 1 aromatic heterocycles. The van der Waals surface area contributed by atoms with Gasteiger partial charge >= 0.3 is 0 Å². The largest absolute Gasteiger partial charge is 0.348 e. The highest BCUT2D eigenvalue weighted by Gasteiger charge is 2.16. The lowest BCUT2D eigenvalue weighted by atomic mass is 10.1. The first-order valence-corrected chi connectivity index (χ1v) is 6.66. The number of hydrogen-bond donors (Lipinski definition) is 2. The lowest BCUT2D eigenvalue weighted by Crippen LogP contribution is -2.42. The van der Waals surface area contributed by atoms with Crippen LogP contribution in [0.15, 0.2) is 54.9 Å². The van der Waals surface area contributed by atoms with Crippen LogP contribution in [0.25, 0.3) is 0 Å². The number of nitrogens with one attached hydrogen (secondary N) is 1. The van der Waals surface area contributed by atoms with Gasteiger partial charge in [-0.3, -0.25) is 9.78 Å². The van der Waals surface area contributed by atoms with Crippen molar-refractivity contribution >= 4 is 5.91 Å². The van der Waals surface area contributed by atoms with Crippen molar-refractivity contribution < 1.29 is 4.79 Å². The summed E-state index contributed by atoms with van der Waals surface area (Å²) >= 11 is 0. The molecule has 1 amide bonds. The summed E-state index contributed by atoms with van der Waals surface area (Å²) in [4.78, 5) is 16.1. The standard InChI is InChI=1S/C16H19N3O/c1-12(14-8-5-9-18-11-14)19-16(20)15(17)10-13-6-3-2-4-7-13/h2-9,11-12,15H,10,17H2,1H3,(H,19,20)/t12-,15?/m1/s1. The van der Waals surface area contributed by atoms with E-state index in [0.717, 1.165) is 11.1 Å². The van der Waals surface area contributed by atoms with Gasteiger partial charge in [-0.1, -0.05) is 36.4 Å². The maximum Gasteiger partial charge on any atom is 0.237 e. The molecule has 0 saturated heterocycles. The summed E-state index contributed by atoms with van der Waals surface area (Å²) in [6.07, 6.45) is 3.99. The van der Waals surface area contributed by atoms with Gasteiger partial charge in [-0.05, 0) is 30.5 Å². The normalized spacial score (nSPS) is 13.5. The van der Waals surface area contributed by atoms with Crippen LogP contribution in [0.2, 0.25) is 0 Å². The molecule has 2 rings (SSSR count). The monoisotopic (exact) mass is 269 g/mol. The van der Waals surface area contributed by atoms with Crippen molar-refractivity contribution in [3.63, 3.8) is 0 Å². The first kappa shape index (κ1) is 14.2. The van der Waals surface area contributed by atoms with E-state index in [9.17, 15) is 4.79 Å². The summed E-state index contributed by atoms with van der Waals surface area (Å²) in [5, 5.41) is 2.91. The van der Waals surface area contributed by atoms with Crippen LogP contribution in [-0.4, -0.2) is 16.9 Å². The Morgan fingerprint density at radius 1 is 1.25 bits per heavy atom. The molecule has 4 heteroatoms. The van der Waals surface area contributed by atoms with Crippen LogP contribution in [0.5, 0.6) is 0 Å². The summed E-state index contributed by atoms with van der Waals surface area (Å²) in [5.74, 6) is -0.148. The first-order valence-electron chi connectivity index (χ1n) is 6.66. The number of hydrogen-bond acceptors (Lipinski definition) is 3.